The van der Waals surface area contributed by atoms with Crippen molar-refractivity contribution >= 4 is 0 Å². The van der Waals surface area contributed by atoms with E-state index in [4.69, 9.17) is 9.47 Å². The van der Waals surface area contributed by atoms with Gasteiger partial charge in [-0.25, -0.2) is 0 Å². The molecule has 132 valence electrons. The Bertz CT molecular complexity index is 780. The maximum Gasteiger partial charge on any atom is 0.165 e. The summed E-state index contributed by atoms with van der Waals surface area (Å²) in [6, 6.07) is 4.91. The van der Waals surface area contributed by atoms with E-state index in [0.29, 0.717) is 12.0 Å². The summed E-state index contributed by atoms with van der Waals surface area (Å²) in [5.74, 6) is 2.42. The van der Waals surface area contributed by atoms with Crippen LogP contribution in [0.5, 0.6) is 11.5 Å². The molecular formula is C22H27NO2. The molecule has 3 heteroatoms. The zero-order valence-corrected chi connectivity index (χ0v) is 15.4. The van der Waals surface area contributed by atoms with Crippen LogP contribution in [0, 0.1) is 11.3 Å². The lowest BCUT2D eigenvalue weighted by atomic mass is 9.50. The second-order valence-corrected chi connectivity index (χ2v) is 8.68. The average molecular weight is 337 g/mol. The maximum absolute atomic E-state index is 6.70. The molecule has 1 aromatic carbocycles. The summed E-state index contributed by atoms with van der Waals surface area (Å²) in [4.78, 5) is 2.62. The normalized spacial score (nSPS) is 36.5. The number of benzene rings is 1. The number of methoxy groups -OCH3 is 1. The first-order chi connectivity index (χ1) is 12.0. The van der Waals surface area contributed by atoms with Crippen LogP contribution in [-0.2, 0) is 11.8 Å². The zero-order valence-electron chi connectivity index (χ0n) is 15.4. The minimum Gasteiger partial charge on any atom is -0.493 e. The van der Waals surface area contributed by atoms with Crippen molar-refractivity contribution in [3.8, 4) is 11.5 Å². The van der Waals surface area contributed by atoms with Gasteiger partial charge in [-0.15, -0.1) is 6.58 Å². The topological polar surface area (TPSA) is 21.7 Å². The molecule has 0 N–H and O–H groups in total. The monoisotopic (exact) mass is 337 g/mol. The molecule has 1 unspecified atom stereocenters. The number of rotatable bonds is 3. The number of ether oxygens (including phenoxy) is 2. The van der Waals surface area contributed by atoms with Gasteiger partial charge in [-0.2, -0.15) is 0 Å². The Balaban J connectivity index is 1.77. The van der Waals surface area contributed by atoms with Crippen molar-refractivity contribution in [2.75, 3.05) is 20.2 Å². The van der Waals surface area contributed by atoms with Gasteiger partial charge in [-0.05, 0) is 31.0 Å². The van der Waals surface area contributed by atoms with Gasteiger partial charge in [0.25, 0.3) is 0 Å². The summed E-state index contributed by atoms with van der Waals surface area (Å²) < 4.78 is 12.4. The fraction of sp³-hybridized carbons (Fsp3) is 0.545. The molecular weight excluding hydrogens is 310 g/mol. The van der Waals surface area contributed by atoms with E-state index in [1.807, 2.05) is 6.08 Å². The second-order valence-electron chi connectivity index (χ2n) is 8.68. The van der Waals surface area contributed by atoms with Crippen LogP contribution in [0.4, 0.5) is 0 Å². The molecule has 1 saturated heterocycles. The van der Waals surface area contributed by atoms with Crippen LogP contribution in [-0.4, -0.2) is 37.2 Å². The van der Waals surface area contributed by atoms with E-state index in [1.165, 1.54) is 11.1 Å². The molecule has 5 rings (SSSR count). The molecule has 0 radical (unpaired) electrons. The van der Waals surface area contributed by atoms with Gasteiger partial charge in [0.1, 0.15) is 6.10 Å². The summed E-state index contributed by atoms with van der Waals surface area (Å²) in [6.45, 7) is 10.7. The summed E-state index contributed by atoms with van der Waals surface area (Å²) in [5, 5.41) is 0. The molecule has 1 fully saturated rings. The first-order valence-electron chi connectivity index (χ1n) is 9.44. The van der Waals surface area contributed by atoms with Gasteiger partial charge in [0, 0.05) is 34.9 Å². The molecule has 4 atom stereocenters. The molecule has 1 aromatic rings. The highest BCUT2D eigenvalue weighted by Crippen LogP contribution is 2.65. The van der Waals surface area contributed by atoms with Crippen molar-refractivity contribution in [2.24, 2.45) is 11.3 Å². The highest BCUT2D eigenvalue weighted by molar-refractivity contribution is 5.62. The van der Waals surface area contributed by atoms with Crippen LogP contribution in [0.3, 0.4) is 0 Å². The number of hydrogen-bond donors (Lipinski definition) is 0. The van der Waals surface area contributed by atoms with Gasteiger partial charge in [-0.1, -0.05) is 38.1 Å². The Hall–Kier alpha value is -1.74. The van der Waals surface area contributed by atoms with E-state index in [-0.39, 0.29) is 16.9 Å². The minimum atomic E-state index is 0.0281. The summed E-state index contributed by atoms with van der Waals surface area (Å²) >= 11 is 0. The Kier molecular flexibility index (Phi) is 3.05. The van der Waals surface area contributed by atoms with Gasteiger partial charge in [0.15, 0.2) is 11.5 Å². The van der Waals surface area contributed by atoms with Crippen molar-refractivity contribution in [3.05, 3.63) is 48.1 Å². The molecule has 0 aromatic heterocycles. The Morgan fingerprint density at radius 3 is 3.00 bits per heavy atom. The van der Waals surface area contributed by atoms with Crippen LogP contribution >= 0.6 is 0 Å². The van der Waals surface area contributed by atoms with Gasteiger partial charge >= 0.3 is 0 Å². The number of piperidine rings is 1. The van der Waals surface area contributed by atoms with Crippen molar-refractivity contribution < 1.29 is 9.47 Å². The fourth-order valence-electron chi connectivity index (χ4n) is 6.17. The predicted molar refractivity (Wildman–Crippen MR) is 99.4 cm³/mol. The van der Waals surface area contributed by atoms with E-state index >= 15 is 0 Å². The van der Waals surface area contributed by atoms with Gasteiger partial charge in [0.05, 0.1) is 7.11 Å². The Morgan fingerprint density at radius 1 is 1.40 bits per heavy atom. The average Bonchev–Trinajstić information content (AvgIpc) is 2.94. The fourth-order valence-corrected chi connectivity index (χ4v) is 6.17. The van der Waals surface area contributed by atoms with E-state index in [9.17, 15) is 0 Å². The molecule has 2 bridgehead atoms. The van der Waals surface area contributed by atoms with Crippen molar-refractivity contribution in [1.82, 2.24) is 4.90 Å². The van der Waals surface area contributed by atoms with Crippen molar-refractivity contribution in [2.45, 2.75) is 44.2 Å². The lowest BCUT2D eigenvalue weighted by Crippen LogP contribution is -2.65. The van der Waals surface area contributed by atoms with Crippen LogP contribution < -0.4 is 9.47 Å². The molecule has 0 saturated carbocycles. The molecule has 25 heavy (non-hydrogen) atoms. The lowest BCUT2D eigenvalue weighted by Gasteiger charge is -2.59. The molecule has 2 heterocycles. The Morgan fingerprint density at radius 2 is 2.24 bits per heavy atom. The Labute approximate surface area is 150 Å². The molecule has 1 spiro atoms. The van der Waals surface area contributed by atoms with Crippen molar-refractivity contribution in [3.63, 3.8) is 0 Å². The quantitative estimate of drug-likeness (QED) is 0.785. The van der Waals surface area contributed by atoms with Crippen LogP contribution in [0.25, 0.3) is 0 Å². The molecule has 2 aliphatic carbocycles. The largest absolute Gasteiger partial charge is 0.493 e. The van der Waals surface area contributed by atoms with Gasteiger partial charge in [-0.3, -0.25) is 4.90 Å². The highest BCUT2D eigenvalue weighted by atomic mass is 16.5. The molecule has 0 amide bonds. The van der Waals surface area contributed by atoms with Gasteiger partial charge in [0.2, 0.25) is 0 Å². The zero-order chi connectivity index (χ0) is 17.4. The summed E-state index contributed by atoms with van der Waals surface area (Å²) in [6.07, 6.45) is 9.37. The molecule has 2 aliphatic heterocycles. The van der Waals surface area contributed by atoms with Gasteiger partial charge < -0.3 is 9.47 Å². The third-order valence-corrected chi connectivity index (χ3v) is 7.09. The third-order valence-electron chi connectivity index (χ3n) is 7.09. The summed E-state index contributed by atoms with van der Waals surface area (Å²) in [7, 11) is 1.75. The lowest BCUT2D eigenvalue weighted by molar-refractivity contribution is -0.0434. The van der Waals surface area contributed by atoms with E-state index in [1.54, 1.807) is 7.11 Å². The first kappa shape index (κ1) is 15.5. The van der Waals surface area contributed by atoms with Crippen LogP contribution in [0.2, 0.25) is 0 Å². The molecule has 4 aliphatic rings. The molecule has 3 nitrogen and oxygen atoms in total. The second kappa shape index (κ2) is 4.91. The smallest absolute Gasteiger partial charge is 0.165 e. The highest BCUT2D eigenvalue weighted by Gasteiger charge is 2.66. The maximum atomic E-state index is 6.70. The van der Waals surface area contributed by atoms with Crippen LogP contribution in [0.15, 0.2) is 36.9 Å². The number of likely N-dealkylation sites (tertiary alicyclic amines) is 1. The van der Waals surface area contributed by atoms with E-state index < -0.39 is 0 Å². The summed E-state index contributed by atoms with van der Waals surface area (Å²) in [5.41, 5.74) is 3.03. The van der Waals surface area contributed by atoms with Crippen LogP contribution in [0.1, 0.15) is 31.4 Å². The predicted octanol–water partition coefficient (Wildman–Crippen LogP) is 3.72. The third kappa shape index (κ3) is 1.75. The van der Waals surface area contributed by atoms with Crippen molar-refractivity contribution in [1.29, 1.82) is 0 Å². The van der Waals surface area contributed by atoms with E-state index in [0.717, 1.165) is 37.4 Å². The first-order valence-corrected chi connectivity index (χ1v) is 9.44. The van der Waals surface area contributed by atoms with E-state index in [2.05, 4.69) is 49.6 Å². The SMILES string of the molecule is C=CCN1CC[C@@]23c4c5ccc(OC)c4O[C@@H]2C(C)(C)C=CC3[C@@H]1C5. The number of nitrogens with zero attached hydrogens (tertiary/aromatic N) is 1. The minimum absolute atomic E-state index is 0.0281. The standard InChI is InChI=1S/C22H27NO2/c1-5-11-23-12-10-22-15-8-9-21(2,3)20(22)25-19-17(24-4)7-6-14(18(19)22)13-16(15)23/h5-9,15-16,20H,1,10-13H2,2-4H3/t15?,16-,20+,22+/m0/s1. The number of hydrogen-bond acceptors (Lipinski definition) is 3.